The van der Waals surface area contributed by atoms with Crippen LogP contribution in [0.15, 0.2) is 74.5 Å². The van der Waals surface area contributed by atoms with Crippen LogP contribution in [0, 0.1) is 0 Å². The van der Waals surface area contributed by atoms with Crippen molar-refractivity contribution in [2.75, 3.05) is 13.4 Å². The fourth-order valence-electron chi connectivity index (χ4n) is 3.54. The van der Waals surface area contributed by atoms with Gasteiger partial charge in [0.2, 0.25) is 0 Å². The predicted octanol–water partition coefficient (Wildman–Crippen LogP) is 3.78. The molecule has 5 nitrogen and oxygen atoms in total. The van der Waals surface area contributed by atoms with Crippen molar-refractivity contribution in [3.8, 4) is 0 Å². The molecule has 1 aromatic heterocycles. The van der Waals surface area contributed by atoms with E-state index in [1.54, 1.807) is 41.5 Å². The van der Waals surface area contributed by atoms with Crippen LogP contribution in [0.25, 0.3) is 6.08 Å². The minimum Gasteiger partial charge on any atom is -0.466 e. The molecule has 2 aromatic carbocycles. The first-order chi connectivity index (χ1) is 14.9. The summed E-state index contributed by atoms with van der Waals surface area (Å²) in [6, 6.07) is 14.5. The zero-order valence-electron chi connectivity index (χ0n) is 17.1. The quantitative estimate of drug-likeness (QED) is 0.430. The third-order valence-electron chi connectivity index (χ3n) is 5.00. The second-order valence-corrected chi connectivity index (χ2v) is 9.23. The number of aromatic nitrogens is 1. The standard InChI is InChI=1S/C23H19ClN2O3S2/c1-13-19(22(28)29-2)20(15-7-9-17(30-3)10-8-15)26-21(27)18(31-23(26)25-13)12-14-5-4-6-16(24)11-14/h4-12,20H,1-3H3/b18-12+. The third-order valence-corrected chi connectivity index (χ3v) is 6.97. The number of hydrogen-bond donors (Lipinski definition) is 0. The maximum Gasteiger partial charge on any atom is 0.338 e. The Kier molecular flexibility index (Phi) is 6.18. The molecule has 1 aliphatic rings. The number of esters is 1. The molecule has 1 atom stereocenters. The molecular weight excluding hydrogens is 452 g/mol. The Morgan fingerprint density at radius 2 is 2.00 bits per heavy atom. The second-order valence-electron chi connectivity index (χ2n) is 6.90. The van der Waals surface area contributed by atoms with Gasteiger partial charge in [-0.1, -0.05) is 47.2 Å². The van der Waals surface area contributed by atoms with Crippen LogP contribution in [0.4, 0.5) is 0 Å². The number of hydrogen-bond acceptors (Lipinski definition) is 6. The number of nitrogens with zero attached hydrogens (tertiary/aromatic N) is 2. The molecule has 158 valence electrons. The topological polar surface area (TPSA) is 60.7 Å². The highest BCUT2D eigenvalue weighted by Crippen LogP contribution is 2.31. The largest absolute Gasteiger partial charge is 0.466 e. The molecule has 0 fully saturated rings. The van der Waals surface area contributed by atoms with Crippen molar-refractivity contribution in [3.63, 3.8) is 0 Å². The molecule has 1 unspecified atom stereocenters. The molecule has 0 amide bonds. The Hall–Kier alpha value is -2.61. The van der Waals surface area contributed by atoms with E-state index in [1.165, 1.54) is 18.4 Å². The second kappa shape index (κ2) is 8.86. The van der Waals surface area contributed by atoms with Gasteiger partial charge in [-0.25, -0.2) is 9.79 Å². The van der Waals surface area contributed by atoms with Crippen LogP contribution in [0.5, 0.6) is 0 Å². The van der Waals surface area contributed by atoms with Crippen molar-refractivity contribution in [3.05, 3.63) is 95.6 Å². The normalized spacial score (nSPS) is 16.1. The summed E-state index contributed by atoms with van der Waals surface area (Å²) in [5, 5.41) is 0.595. The molecule has 0 bridgehead atoms. The van der Waals surface area contributed by atoms with Crippen LogP contribution in [0.3, 0.4) is 0 Å². The number of halogens is 1. The van der Waals surface area contributed by atoms with E-state index < -0.39 is 12.0 Å². The lowest BCUT2D eigenvalue weighted by atomic mass is 9.96. The number of benzene rings is 2. The number of fused-ring (bicyclic) bond motifs is 1. The van der Waals surface area contributed by atoms with Crippen molar-refractivity contribution < 1.29 is 9.53 Å². The van der Waals surface area contributed by atoms with E-state index in [0.717, 1.165) is 16.0 Å². The molecule has 0 radical (unpaired) electrons. The first kappa shape index (κ1) is 21.6. The maximum atomic E-state index is 13.4. The summed E-state index contributed by atoms with van der Waals surface area (Å²) in [5.74, 6) is -0.496. The fourth-order valence-corrected chi connectivity index (χ4v) is 5.20. The van der Waals surface area contributed by atoms with Crippen molar-refractivity contribution >= 4 is 46.7 Å². The highest BCUT2D eigenvalue weighted by atomic mass is 35.5. The van der Waals surface area contributed by atoms with Crippen LogP contribution >= 0.6 is 34.7 Å². The first-order valence-corrected chi connectivity index (χ1v) is 11.8. The van der Waals surface area contributed by atoms with Gasteiger partial charge >= 0.3 is 5.97 Å². The molecule has 0 spiro atoms. The summed E-state index contributed by atoms with van der Waals surface area (Å²) < 4.78 is 7.13. The lowest BCUT2D eigenvalue weighted by Crippen LogP contribution is -2.39. The van der Waals surface area contributed by atoms with Crippen LogP contribution in [0.1, 0.15) is 24.1 Å². The van der Waals surface area contributed by atoms with Gasteiger partial charge in [0.1, 0.15) is 0 Å². The van der Waals surface area contributed by atoms with Crippen molar-refractivity contribution in [2.24, 2.45) is 4.99 Å². The Morgan fingerprint density at radius 3 is 2.65 bits per heavy atom. The van der Waals surface area contributed by atoms with E-state index in [1.807, 2.05) is 42.7 Å². The number of carbonyl (C=O) groups excluding carboxylic acids is 1. The molecule has 0 saturated carbocycles. The lowest BCUT2D eigenvalue weighted by molar-refractivity contribution is -0.136. The van der Waals surface area contributed by atoms with Gasteiger partial charge in [-0.2, -0.15) is 0 Å². The Bertz CT molecular complexity index is 1370. The van der Waals surface area contributed by atoms with Gasteiger partial charge in [-0.15, -0.1) is 11.8 Å². The number of rotatable bonds is 4. The zero-order chi connectivity index (χ0) is 22.1. The Labute approximate surface area is 192 Å². The van der Waals surface area contributed by atoms with Crippen molar-refractivity contribution in [2.45, 2.75) is 17.9 Å². The highest BCUT2D eigenvalue weighted by molar-refractivity contribution is 7.98. The van der Waals surface area contributed by atoms with E-state index in [2.05, 4.69) is 4.99 Å². The van der Waals surface area contributed by atoms with E-state index in [-0.39, 0.29) is 5.56 Å². The van der Waals surface area contributed by atoms with Gasteiger partial charge in [0.05, 0.1) is 29.0 Å². The van der Waals surface area contributed by atoms with Crippen molar-refractivity contribution in [1.29, 1.82) is 0 Å². The van der Waals surface area contributed by atoms with Gasteiger partial charge in [-0.3, -0.25) is 9.36 Å². The fraction of sp³-hybridized carbons (Fsp3) is 0.174. The molecule has 31 heavy (non-hydrogen) atoms. The van der Waals surface area contributed by atoms with E-state index in [4.69, 9.17) is 16.3 Å². The predicted molar refractivity (Wildman–Crippen MR) is 125 cm³/mol. The number of ether oxygens (including phenoxy) is 1. The molecule has 3 aromatic rings. The number of carbonyl (C=O) groups is 1. The molecule has 4 rings (SSSR count). The number of thioether (sulfide) groups is 1. The highest BCUT2D eigenvalue weighted by Gasteiger charge is 2.33. The minimum absolute atomic E-state index is 0.212. The number of thiazole rings is 1. The van der Waals surface area contributed by atoms with E-state index >= 15 is 0 Å². The maximum absolute atomic E-state index is 13.4. The average Bonchev–Trinajstić information content (AvgIpc) is 3.07. The third kappa shape index (κ3) is 4.13. The van der Waals surface area contributed by atoms with Gasteiger partial charge < -0.3 is 4.74 Å². The van der Waals surface area contributed by atoms with Crippen LogP contribution in [0.2, 0.25) is 5.02 Å². The van der Waals surface area contributed by atoms with E-state index in [0.29, 0.717) is 25.6 Å². The summed E-state index contributed by atoms with van der Waals surface area (Å²) in [6.07, 6.45) is 3.79. The van der Waals surface area contributed by atoms with E-state index in [9.17, 15) is 9.59 Å². The summed E-state index contributed by atoms with van der Waals surface area (Å²) in [7, 11) is 1.33. The summed E-state index contributed by atoms with van der Waals surface area (Å²) in [6.45, 7) is 1.77. The van der Waals surface area contributed by atoms with Crippen LogP contribution in [-0.2, 0) is 9.53 Å². The lowest BCUT2D eigenvalue weighted by Gasteiger charge is -2.24. The van der Waals surface area contributed by atoms with Crippen LogP contribution in [-0.4, -0.2) is 23.9 Å². The smallest absolute Gasteiger partial charge is 0.338 e. The van der Waals surface area contributed by atoms with Crippen molar-refractivity contribution in [1.82, 2.24) is 4.57 Å². The van der Waals surface area contributed by atoms with Gasteiger partial charge in [0.25, 0.3) is 5.56 Å². The van der Waals surface area contributed by atoms with Gasteiger partial charge in [-0.05, 0) is 54.6 Å². The SMILES string of the molecule is COC(=O)C1=C(C)N=c2s/c(=C/c3cccc(Cl)c3)c(=O)n2C1c1ccc(SC)cc1. The van der Waals surface area contributed by atoms with Crippen LogP contribution < -0.4 is 14.9 Å². The number of methoxy groups -OCH3 is 1. The monoisotopic (exact) mass is 470 g/mol. The molecular formula is C23H19ClN2O3S2. The summed E-state index contributed by atoms with van der Waals surface area (Å²) in [4.78, 5) is 32.3. The van der Waals surface area contributed by atoms with Gasteiger partial charge in [0, 0.05) is 9.92 Å². The molecule has 0 saturated heterocycles. The van der Waals surface area contributed by atoms with Gasteiger partial charge in [0.15, 0.2) is 4.80 Å². The molecule has 1 aliphatic heterocycles. The average molecular weight is 471 g/mol. The molecule has 0 N–H and O–H groups in total. The zero-order valence-corrected chi connectivity index (χ0v) is 19.5. The summed E-state index contributed by atoms with van der Waals surface area (Å²) >= 11 is 9.01. The first-order valence-electron chi connectivity index (χ1n) is 9.43. The Balaban J connectivity index is 1.96. The molecule has 8 heteroatoms. The number of allylic oxidation sites excluding steroid dienone is 1. The Morgan fingerprint density at radius 1 is 1.26 bits per heavy atom. The molecule has 2 heterocycles. The minimum atomic E-state index is -0.610. The molecule has 0 aliphatic carbocycles. The summed E-state index contributed by atoms with van der Waals surface area (Å²) in [5.41, 5.74) is 2.34.